The summed E-state index contributed by atoms with van der Waals surface area (Å²) in [7, 11) is 0. The van der Waals surface area contributed by atoms with Crippen molar-refractivity contribution in [2.24, 2.45) is 10.7 Å². The Hall–Kier alpha value is -1.11. The van der Waals surface area contributed by atoms with Crippen LogP contribution >= 0.6 is 11.8 Å². The van der Waals surface area contributed by atoms with Crippen LogP contribution < -0.4 is 5.73 Å². The summed E-state index contributed by atoms with van der Waals surface area (Å²) in [5.74, 6) is -0.186. The first-order chi connectivity index (χ1) is 8.02. The molecular weight excluding hydrogens is 250 g/mol. The number of nitrogens with two attached hydrogens (primary N) is 1. The average Bonchev–Trinajstić information content (AvgIpc) is 2.27. The zero-order valence-corrected chi connectivity index (χ0v) is 10.6. The molecule has 0 unspecified atom stereocenters. The molecule has 0 aromatic carbocycles. The molecule has 0 spiro atoms. The van der Waals surface area contributed by atoms with Gasteiger partial charge in [0.05, 0.1) is 6.61 Å². The minimum atomic E-state index is -2.76. The Morgan fingerprint density at radius 1 is 1.59 bits per heavy atom. The second-order valence-corrected chi connectivity index (χ2v) is 3.91. The third-order valence-electron chi connectivity index (χ3n) is 1.63. The van der Waals surface area contributed by atoms with Gasteiger partial charge in [0.2, 0.25) is 0 Å². The van der Waals surface area contributed by atoms with Crippen LogP contribution in [0.2, 0.25) is 0 Å². The number of hydrogen-bond donors (Lipinski definition) is 1. The first-order valence-electron chi connectivity index (χ1n) is 4.98. The normalized spacial score (nSPS) is 13.0. The molecule has 7 heteroatoms. The number of ether oxygens (including phenoxy) is 1. The van der Waals surface area contributed by atoms with Crippen LogP contribution in [0.25, 0.3) is 0 Å². The van der Waals surface area contributed by atoms with Crippen molar-refractivity contribution in [2.45, 2.75) is 13.3 Å². The van der Waals surface area contributed by atoms with E-state index in [2.05, 4.69) is 9.73 Å². The highest BCUT2D eigenvalue weighted by Crippen LogP contribution is 2.03. The number of nitrogens with zero attached hydrogens (tertiary/aromatic N) is 1. The summed E-state index contributed by atoms with van der Waals surface area (Å²) >= 11 is 1.49. The first-order valence-corrected chi connectivity index (χ1v) is 6.38. The maximum Gasteiger partial charge on any atom is 0.354 e. The zero-order chi connectivity index (χ0) is 13.3. The standard InChI is InChI=1S/C10H16F2N2O2S/c1-3-16-10(15)7(13)6-8(9(11)12)14-4-5-17-2/h6,9H,3-5,13H2,1-2H3/b7-6-,14-8?. The van der Waals surface area contributed by atoms with E-state index in [1.807, 2.05) is 6.26 Å². The van der Waals surface area contributed by atoms with Crippen LogP contribution in [0.3, 0.4) is 0 Å². The Balaban J connectivity index is 4.67. The molecule has 0 atom stereocenters. The quantitative estimate of drug-likeness (QED) is 0.328. The first kappa shape index (κ1) is 15.9. The van der Waals surface area contributed by atoms with Gasteiger partial charge in [-0.25, -0.2) is 13.6 Å². The molecule has 0 radical (unpaired) electrons. The van der Waals surface area contributed by atoms with Crippen molar-refractivity contribution < 1.29 is 18.3 Å². The molecule has 98 valence electrons. The summed E-state index contributed by atoms with van der Waals surface area (Å²) in [6.45, 7) is 2.00. The molecule has 0 aromatic rings. The average molecular weight is 266 g/mol. The van der Waals surface area contributed by atoms with Crippen molar-refractivity contribution in [1.29, 1.82) is 0 Å². The van der Waals surface area contributed by atoms with E-state index >= 15 is 0 Å². The minimum absolute atomic E-state index is 0.140. The number of carbonyl (C=O) groups excluding carboxylic acids is 1. The summed E-state index contributed by atoms with van der Waals surface area (Å²) in [4.78, 5) is 14.8. The summed E-state index contributed by atoms with van der Waals surface area (Å²) in [6, 6.07) is 0. The third kappa shape index (κ3) is 6.93. The van der Waals surface area contributed by atoms with Gasteiger partial charge in [0.15, 0.2) is 0 Å². The molecule has 0 aliphatic carbocycles. The summed E-state index contributed by atoms with van der Waals surface area (Å²) in [5.41, 5.74) is 4.45. The summed E-state index contributed by atoms with van der Waals surface area (Å²) < 4.78 is 29.7. The lowest BCUT2D eigenvalue weighted by molar-refractivity contribution is -0.138. The fraction of sp³-hybridized carbons (Fsp3) is 0.600. The smallest absolute Gasteiger partial charge is 0.354 e. The molecule has 0 fully saturated rings. The zero-order valence-electron chi connectivity index (χ0n) is 9.78. The van der Waals surface area contributed by atoms with E-state index in [1.54, 1.807) is 6.92 Å². The van der Waals surface area contributed by atoms with Crippen molar-refractivity contribution in [3.05, 3.63) is 11.8 Å². The molecule has 0 saturated heterocycles. The van der Waals surface area contributed by atoms with Gasteiger partial charge >= 0.3 is 5.97 Å². The van der Waals surface area contributed by atoms with Crippen molar-refractivity contribution in [1.82, 2.24) is 0 Å². The predicted molar refractivity (Wildman–Crippen MR) is 65.6 cm³/mol. The van der Waals surface area contributed by atoms with Crippen LogP contribution in [-0.4, -0.2) is 43.3 Å². The Kier molecular flexibility index (Phi) is 8.39. The van der Waals surface area contributed by atoms with Gasteiger partial charge in [-0.05, 0) is 19.3 Å². The highest BCUT2D eigenvalue weighted by Gasteiger charge is 2.14. The van der Waals surface area contributed by atoms with Crippen LogP contribution in [0, 0.1) is 0 Å². The van der Waals surface area contributed by atoms with Gasteiger partial charge in [0, 0.05) is 12.3 Å². The lowest BCUT2D eigenvalue weighted by atomic mass is 10.3. The number of halogens is 2. The molecule has 0 aliphatic heterocycles. The number of aliphatic imine (C=N–C) groups is 1. The highest BCUT2D eigenvalue weighted by atomic mass is 32.2. The Morgan fingerprint density at radius 2 is 2.24 bits per heavy atom. The number of thioether (sulfide) groups is 1. The predicted octanol–water partition coefficient (Wildman–Crippen LogP) is 1.46. The summed E-state index contributed by atoms with van der Waals surface area (Å²) in [6.07, 6.45) is -0.0477. The van der Waals surface area contributed by atoms with E-state index in [0.717, 1.165) is 6.08 Å². The number of rotatable bonds is 7. The van der Waals surface area contributed by atoms with E-state index in [-0.39, 0.29) is 18.8 Å². The minimum Gasteiger partial charge on any atom is -0.461 e. The molecule has 2 N–H and O–H groups in total. The second kappa shape index (κ2) is 8.98. The van der Waals surface area contributed by atoms with Gasteiger partial charge in [-0.1, -0.05) is 0 Å². The van der Waals surface area contributed by atoms with E-state index in [9.17, 15) is 13.6 Å². The molecule has 4 nitrogen and oxygen atoms in total. The van der Waals surface area contributed by atoms with Crippen LogP contribution in [0.4, 0.5) is 8.78 Å². The van der Waals surface area contributed by atoms with Gasteiger partial charge in [0.25, 0.3) is 6.43 Å². The lowest BCUT2D eigenvalue weighted by Gasteiger charge is -2.04. The van der Waals surface area contributed by atoms with Gasteiger partial charge < -0.3 is 10.5 Å². The molecule has 0 amide bonds. The van der Waals surface area contributed by atoms with E-state index in [0.29, 0.717) is 5.75 Å². The van der Waals surface area contributed by atoms with E-state index in [1.165, 1.54) is 11.8 Å². The molecule has 0 aromatic heterocycles. The number of carbonyl (C=O) groups is 1. The number of hydrogen-bond acceptors (Lipinski definition) is 5. The van der Waals surface area contributed by atoms with E-state index in [4.69, 9.17) is 5.73 Å². The maximum atomic E-state index is 12.5. The Morgan fingerprint density at radius 3 is 2.71 bits per heavy atom. The Bertz CT molecular complexity index is 307. The fourth-order valence-corrected chi connectivity index (χ4v) is 1.15. The van der Waals surface area contributed by atoms with Crippen molar-refractivity contribution in [2.75, 3.05) is 25.2 Å². The molecular formula is C10H16F2N2O2S. The molecule has 0 heterocycles. The Labute approximate surface area is 103 Å². The topological polar surface area (TPSA) is 64.7 Å². The van der Waals surface area contributed by atoms with Gasteiger partial charge in [-0.2, -0.15) is 11.8 Å². The number of esters is 1. The van der Waals surface area contributed by atoms with Crippen molar-refractivity contribution in [3.8, 4) is 0 Å². The van der Waals surface area contributed by atoms with E-state index < -0.39 is 18.1 Å². The van der Waals surface area contributed by atoms with Crippen LogP contribution in [0.5, 0.6) is 0 Å². The SMILES string of the molecule is CCOC(=O)/C(N)=C/C(=NCCSC)C(F)F. The number of allylic oxidation sites excluding steroid dienone is 1. The monoisotopic (exact) mass is 266 g/mol. The van der Waals surface area contributed by atoms with Crippen LogP contribution in [-0.2, 0) is 9.53 Å². The van der Waals surface area contributed by atoms with Gasteiger partial charge in [-0.3, -0.25) is 4.99 Å². The van der Waals surface area contributed by atoms with Crippen LogP contribution in [0.1, 0.15) is 6.92 Å². The largest absolute Gasteiger partial charge is 0.461 e. The molecule has 0 saturated carbocycles. The maximum absolute atomic E-state index is 12.5. The number of alkyl halides is 2. The molecule has 0 aliphatic rings. The third-order valence-corrected chi connectivity index (χ3v) is 2.22. The molecule has 0 rings (SSSR count). The van der Waals surface area contributed by atoms with Gasteiger partial charge in [0.1, 0.15) is 11.4 Å². The van der Waals surface area contributed by atoms with Crippen molar-refractivity contribution >= 4 is 23.4 Å². The highest BCUT2D eigenvalue weighted by molar-refractivity contribution is 7.98. The summed E-state index contributed by atoms with van der Waals surface area (Å²) in [5, 5.41) is 0. The van der Waals surface area contributed by atoms with Crippen molar-refractivity contribution in [3.63, 3.8) is 0 Å². The fourth-order valence-electron chi connectivity index (χ4n) is 0.876. The van der Waals surface area contributed by atoms with Gasteiger partial charge in [-0.15, -0.1) is 0 Å². The molecule has 0 bridgehead atoms. The van der Waals surface area contributed by atoms with Crippen LogP contribution in [0.15, 0.2) is 16.8 Å². The second-order valence-electron chi connectivity index (χ2n) is 2.92. The molecule has 17 heavy (non-hydrogen) atoms. The lowest BCUT2D eigenvalue weighted by Crippen LogP contribution is -2.19.